The molecule has 122 valence electrons. The molecule has 22 heavy (non-hydrogen) atoms. The van der Waals surface area contributed by atoms with Gasteiger partial charge >= 0.3 is 0 Å². The smallest absolute Gasteiger partial charge is 0.118 e. The molecule has 1 aromatic carbocycles. The summed E-state index contributed by atoms with van der Waals surface area (Å²) in [5.41, 5.74) is 1.44. The van der Waals surface area contributed by atoms with Crippen LogP contribution in [0.15, 0.2) is 24.3 Å². The van der Waals surface area contributed by atoms with Crippen LogP contribution in [-0.4, -0.2) is 38.6 Å². The summed E-state index contributed by atoms with van der Waals surface area (Å²) >= 11 is 0. The van der Waals surface area contributed by atoms with E-state index in [0.717, 1.165) is 44.3 Å². The Labute approximate surface area is 132 Å². The molecular weight excluding hydrogens is 278 g/mol. The van der Waals surface area contributed by atoms with E-state index >= 15 is 0 Å². The van der Waals surface area contributed by atoms with E-state index in [9.17, 15) is 5.11 Å². The highest BCUT2D eigenvalue weighted by Gasteiger charge is 2.37. The summed E-state index contributed by atoms with van der Waals surface area (Å²) in [6.07, 6.45) is 4.46. The number of methoxy groups -OCH3 is 1. The lowest BCUT2D eigenvalue weighted by Crippen LogP contribution is -2.38. The zero-order valence-corrected chi connectivity index (χ0v) is 13.4. The molecule has 1 aromatic rings. The summed E-state index contributed by atoms with van der Waals surface area (Å²) < 4.78 is 10.8. The molecule has 1 aliphatic carbocycles. The lowest BCUT2D eigenvalue weighted by atomic mass is 9.83. The quantitative estimate of drug-likeness (QED) is 0.775. The van der Waals surface area contributed by atoms with Crippen molar-refractivity contribution >= 4 is 0 Å². The van der Waals surface area contributed by atoms with Crippen LogP contribution in [0.25, 0.3) is 0 Å². The maximum absolute atomic E-state index is 9.36. The van der Waals surface area contributed by atoms with E-state index in [2.05, 4.69) is 17.4 Å². The number of ether oxygens (including phenoxy) is 2. The van der Waals surface area contributed by atoms with Gasteiger partial charge in [0, 0.05) is 31.2 Å². The number of benzene rings is 1. The Bertz CT molecular complexity index is 464. The normalized spacial score (nSPS) is 26.1. The number of rotatable bonds is 8. The average molecular weight is 305 g/mol. The van der Waals surface area contributed by atoms with Crippen LogP contribution in [0.4, 0.5) is 0 Å². The van der Waals surface area contributed by atoms with Gasteiger partial charge in [-0.2, -0.15) is 0 Å². The van der Waals surface area contributed by atoms with Gasteiger partial charge in [0.05, 0.1) is 13.7 Å². The Morgan fingerprint density at radius 2 is 2.14 bits per heavy atom. The number of aliphatic hydroxyl groups excluding tert-OH is 1. The van der Waals surface area contributed by atoms with Gasteiger partial charge in [0.2, 0.25) is 0 Å². The van der Waals surface area contributed by atoms with Gasteiger partial charge in [-0.1, -0.05) is 12.1 Å². The largest absolute Gasteiger partial charge is 0.497 e. The van der Waals surface area contributed by atoms with Gasteiger partial charge < -0.3 is 19.9 Å². The first-order valence-corrected chi connectivity index (χ1v) is 8.32. The molecule has 3 rings (SSSR count). The third-order valence-electron chi connectivity index (χ3n) is 5.09. The standard InChI is InChI=1S/C18H27NO3/c1-21-16-6-4-15(5-7-16)17(14-2-3-14)19-12-18(8-10-20)9-11-22-13-18/h4-7,14,17,19-20H,2-3,8-13H2,1H3. The van der Waals surface area contributed by atoms with Gasteiger partial charge in [-0.3, -0.25) is 0 Å². The van der Waals surface area contributed by atoms with Crippen molar-refractivity contribution in [2.75, 3.05) is 33.5 Å². The number of aliphatic hydroxyl groups is 1. The molecule has 2 aliphatic rings. The van der Waals surface area contributed by atoms with E-state index in [4.69, 9.17) is 9.47 Å². The molecule has 2 unspecified atom stereocenters. The summed E-state index contributed by atoms with van der Waals surface area (Å²) in [5.74, 6) is 1.64. The minimum absolute atomic E-state index is 0.106. The van der Waals surface area contributed by atoms with E-state index in [-0.39, 0.29) is 12.0 Å². The third-order valence-corrected chi connectivity index (χ3v) is 5.09. The van der Waals surface area contributed by atoms with Gasteiger partial charge in [0.25, 0.3) is 0 Å². The minimum Gasteiger partial charge on any atom is -0.497 e. The van der Waals surface area contributed by atoms with Crippen LogP contribution in [0.5, 0.6) is 5.75 Å². The van der Waals surface area contributed by atoms with Crippen LogP contribution in [0.2, 0.25) is 0 Å². The SMILES string of the molecule is COc1ccc(C(NCC2(CCO)CCOC2)C2CC2)cc1. The molecule has 1 saturated heterocycles. The molecule has 0 bridgehead atoms. The maximum Gasteiger partial charge on any atom is 0.118 e. The lowest BCUT2D eigenvalue weighted by Gasteiger charge is -2.30. The topological polar surface area (TPSA) is 50.7 Å². The van der Waals surface area contributed by atoms with Crippen LogP contribution >= 0.6 is 0 Å². The fraction of sp³-hybridized carbons (Fsp3) is 0.667. The molecule has 2 atom stereocenters. The lowest BCUT2D eigenvalue weighted by molar-refractivity contribution is 0.121. The third kappa shape index (κ3) is 3.62. The van der Waals surface area contributed by atoms with Crippen molar-refractivity contribution in [2.45, 2.75) is 31.7 Å². The zero-order valence-electron chi connectivity index (χ0n) is 13.4. The molecule has 0 spiro atoms. The fourth-order valence-electron chi connectivity index (χ4n) is 3.44. The van der Waals surface area contributed by atoms with Crippen molar-refractivity contribution in [3.05, 3.63) is 29.8 Å². The van der Waals surface area contributed by atoms with Crippen LogP contribution in [0.1, 0.15) is 37.3 Å². The van der Waals surface area contributed by atoms with Gasteiger partial charge in [-0.15, -0.1) is 0 Å². The number of nitrogens with one attached hydrogen (secondary N) is 1. The number of hydrogen-bond acceptors (Lipinski definition) is 4. The van der Waals surface area contributed by atoms with Crippen molar-refractivity contribution in [3.8, 4) is 5.75 Å². The Balaban J connectivity index is 1.66. The summed E-state index contributed by atoms with van der Waals surface area (Å²) in [6, 6.07) is 8.81. The number of hydrogen-bond donors (Lipinski definition) is 2. The van der Waals surface area contributed by atoms with Crippen molar-refractivity contribution in [1.29, 1.82) is 0 Å². The van der Waals surface area contributed by atoms with Crippen LogP contribution in [0.3, 0.4) is 0 Å². The second-order valence-corrected chi connectivity index (χ2v) is 6.75. The monoisotopic (exact) mass is 305 g/mol. The maximum atomic E-state index is 9.36. The molecule has 1 saturated carbocycles. The molecule has 1 aliphatic heterocycles. The predicted molar refractivity (Wildman–Crippen MR) is 86.0 cm³/mol. The van der Waals surface area contributed by atoms with Gasteiger partial charge in [-0.25, -0.2) is 0 Å². The average Bonchev–Trinajstić information content (AvgIpc) is 3.28. The van der Waals surface area contributed by atoms with Crippen LogP contribution < -0.4 is 10.1 Å². The fourth-order valence-corrected chi connectivity index (χ4v) is 3.44. The predicted octanol–water partition coefficient (Wildman–Crippen LogP) is 2.53. The van der Waals surface area contributed by atoms with Crippen molar-refractivity contribution in [3.63, 3.8) is 0 Å². The van der Waals surface area contributed by atoms with Crippen LogP contribution in [0, 0.1) is 11.3 Å². The second-order valence-electron chi connectivity index (χ2n) is 6.75. The van der Waals surface area contributed by atoms with Gasteiger partial charge in [0.1, 0.15) is 5.75 Å². The van der Waals surface area contributed by atoms with E-state index in [1.54, 1.807) is 7.11 Å². The Kier molecular flexibility index (Phi) is 5.01. The summed E-state index contributed by atoms with van der Waals surface area (Å²) in [6.45, 7) is 2.74. The summed E-state index contributed by atoms with van der Waals surface area (Å²) in [4.78, 5) is 0. The highest BCUT2D eigenvalue weighted by Crippen LogP contribution is 2.42. The van der Waals surface area contributed by atoms with E-state index in [1.807, 2.05) is 12.1 Å². The molecule has 4 heteroatoms. The van der Waals surface area contributed by atoms with Crippen molar-refractivity contribution in [2.24, 2.45) is 11.3 Å². The van der Waals surface area contributed by atoms with Crippen molar-refractivity contribution < 1.29 is 14.6 Å². The highest BCUT2D eigenvalue weighted by atomic mass is 16.5. The van der Waals surface area contributed by atoms with E-state index < -0.39 is 0 Å². The summed E-state index contributed by atoms with van der Waals surface area (Å²) in [7, 11) is 1.70. The van der Waals surface area contributed by atoms with Gasteiger partial charge in [-0.05, 0) is 49.3 Å². The zero-order chi connectivity index (χ0) is 15.4. The second kappa shape index (κ2) is 6.99. The van der Waals surface area contributed by atoms with E-state index in [1.165, 1.54) is 18.4 Å². The Morgan fingerprint density at radius 3 is 2.68 bits per heavy atom. The molecule has 0 amide bonds. The minimum atomic E-state index is 0.106. The van der Waals surface area contributed by atoms with Crippen LogP contribution in [-0.2, 0) is 4.74 Å². The first kappa shape index (κ1) is 15.8. The molecular formula is C18H27NO3. The molecule has 4 nitrogen and oxygen atoms in total. The first-order chi connectivity index (χ1) is 10.8. The van der Waals surface area contributed by atoms with Gasteiger partial charge in [0.15, 0.2) is 0 Å². The van der Waals surface area contributed by atoms with E-state index in [0.29, 0.717) is 6.04 Å². The van der Waals surface area contributed by atoms with Crippen molar-refractivity contribution in [1.82, 2.24) is 5.32 Å². The molecule has 0 radical (unpaired) electrons. The molecule has 2 fully saturated rings. The molecule has 0 aromatic heterocycles. The Hall–Kier alpha value is -1.10. The molecule has 2 N–H and O–H groups in total. The summed E-state index contributed by atoms with van der Waals surface area (Å²) in [5, 5.41) is 13.1. The highest BCUT2D eigenvalue weighted by molar-refractivity contribution is 5.30. The Morgan fingerprint density at radius 1 is 1.36 bits per heavy atom. The first-order valence-electron chi connectivity index (χ1n) is 8.32. The molecule has 1 heterocycles.